The molecule has 0 radical (unpaired) electrons. The van der Waals surface area contributed by atoms with Gasteiger partial charge in [0.25, 0.3) is 0 Å². The highest BCUT2D eigenvalue weighted by molar-refractivity contribution is 5.83. The van der Waals surface area contributed by atoms with Gasteiger partial charge in [0, 0.05) is 18.8 Å². The summed E-state index contributed by atoms with van der Waals surface area (Å²) in [4.78, 5) is 13.8. The maximum absolute atomic E-state index is 10.1. The van der Waals surface area contributed by atoms with E-state index in [4.69, 9.17) is 10.2 Å². The molecule has 0 bridgehead atoms. The predicted molar refractivity (Wildman–Crippen MR) is 97.8 cm³/mol. The van der Waals surface area contributed by atoms with Gasteiger partial charge in [-0.1, -0.05) is 52.0 Å². The average Bonchev–Trinajstić information content (AvgIpc) is 2.62. The highest BCUT2D eigenvalue weighted by atomic mass is 16.3. The monoisotopic (exact) mass is 317 g/mol. The van der Waals surface area contributed by atoms with Crippen molar-refractivity contribution in [2.24, 2.45) is 4.99 Å². The van der Waals surface area contributed by atoms with Gasteiger partial charge in [0.05, 0.1) is 5.56 Å². The van der Waals surface area contributed by atoms with Gasteiger partial charge in [-0.05, 0) is 24.3 Å². The topological polar surface area (TPSA) is 69.9 Å². The number of phenolic OH excluding ortho intramolecular Hbond substituents is 2. The third-order valence-corrected chi connectivity index (χ3v) is 2.27. The van der Waals surface area contributed by atoms with Crippen molar-refractivity contribution >= 4 is 12.5 Å². The lowest BCUT2D eigenvalue weighted by Gasteiger charge is -1.94. The van der Waals surface area contributed by atoms with E-state index in [0.29, 0.717) is 11.8 Å². The van der Waals surface area contributed by atoms with Crippen LogP contribution in [0.1, 0.15) is 43.6 Å². The van der Waals surface area contributed by atoms with Gasteiger partial charge in [-0.3, -0.25) is 9.79 Å². The van der Waals surface area contributed by atoms with Gasteiger partial charge in [0.1, 0.15) is 11.5 Å². The van der Waals surface area contributed by atoms with Gasteiger partial charge in [-0.2, -0.15) is 0 Å². The standard InChI is InChI=1S/C8H9NO.C7H6O2.2C2H6/c1-9-6-7-4-2-3-5-8(7)10;8-5-6-3-1-2-4-7(6)9;2*1-2/h2-6,10H,1H3;1-5,9H;2*1-2H3. The first-order valence-corrected chi connectivity index (χ1v) is 7.62. The Hall–Kier alpha value is -2.62. The van der Waals surface area contributed by atoms with Crippen molar-refractivity contribution < 1.29 is 15.0 Å². The highest BCUT2D eigenvalue weighted by Crippen LogP contribution is 2.12. The van der Waals surface area contributed by atoms with Gasteiger partial charge in [0.15, 0.2) is 6.29 Å². The van der Waals surface area contributed by atoms with Crippen LogP contribution in [0.15, 0.2) is 53.5 Å². The maximum Gasteiger partial charge on any atom is 0.153 e. The zero-order valence-corrected chi connectivity index (χ0v) is 14.5. The third kappa shape index (κ3) is 9.85. The number of benzene rings is 2. The van der Waals surface area contributed by atoms with E-state index < -0.39 is 0 Å². The van der Waals surface area contributed by atoms with E-state index in [9.17, 15) is 4.79 Å². The largest absolute Gasteiger partial charge is 0.507 e. The number of aldehydes is 1. The fraction of sp³-hybridized carbons (Fsp3) is 0.263. The first-order chi connectivity index (χ1) is 11.2. The Kier molecular flexibility index (Phi) is 15.5. The number of para-hydroxylation sites is 2. The minimum atomic E-state index is 0.0347. The fourth-order valence-corrected chi connectivity index (χ4v) is 1.32. The molecule has 0 aliphatic heterocycles. The van der Waals surface area contributed by atoms with Crippen LogP contribution in [0.2, 0.25) is 0 Å². The number of hydrogen-bond donors (Lipinski definition) is 2. The van der Waals surface area contributed by atoms with Crippen LogP contribution >= 0.6 is 0 Å². The normalized spacial score (nSPS) is 8.57. The molecule has 4 heteroatoms. The lowest BCUT2D eigenvalue weighted by Crippen LogP contribution is -1.79. The third-order valence-electron chi connectivity index (χ3n) is 2.27. The number of carbonyl (C=O) groups excluding carboxylic acids is 1. The number of hydrogen-bond acceptors (Lipinski definition) is 4. The summed E-state index contributed by atoms with van der Waals surface area (Å²) in [5.41, 5.74) is 1.09. The highest BCUT2D eigenvalue weighted by Gasteiger charge is 1.93. The van der Waals surface area contributed by atoms with E-state index >= 15 is 0 Å². The summed E-state index contributed by atoms with van der Waals surface area (Å²) in [5.74, 6) is 0.306. The molecule has 2 aromatic carbocycles. The van der Waals surface area contributed by atoms with Gasteiger partial charge >= 0.3 is 0 Å². The Balaban J connectivity index is 0. The van der Waals surface area contributed by atoms with Crippen molar-refractivity contribution in [3.63, 3.8) is 0 Å². The predicted octanol–water partition coefficient (Wildman–Crippen LogP) is 4.70. The molecule has 0 saturated carbocycles. The summed E-state index contributed by atoms with van der Waals surface area (Å²) in [6.07, 6.45) is 2.24. The zero-order chi connectivity index (χ0) is 18.1. The molecule has 4 nitrogen and oxygen atoms in total. The number of nitrogens with zero attached hydrogens (tertiary/aromatic N) is 1. The Morgan fingerprint density at radius 1 is 0.783 bits per heavy atom. The summed E-state index contributed by atoms with van der Waals surface area (Å²) < 4.78 is 0. The molecule has 2 N–H and O–H groups in total. The SMILES string of the molecule is CC.CC.CN=Cc1ccccc1O.O=Cc1ccccc1O. The molecule has 2 aromatic rings. The number of rotatable bonds is 2. The van der Waals surface area contributed by atoms with Crippen LogP contribution in [0.5, 0.6) is 11.5 Å². The molecule has 0 aromatic heterocycles. The Bertz CT molecular complexity index is 566. The van der Waals surface area contributed by atoms with Crippen molar-refractivity contribution in [3.05, 3.63) is 59.7 Å². The molecule has 0 saturated heterocycles. The lowest BCUT2D eigenvalue weighted by atomic mass is 10.2. The molecule has 126 valence electrons. The van der Waals surface area contributed by atoms with Crippen molar-refractivity contribution in [1.82, 2.24) is 0 Å². The van der Waals surface area contributed by atoms with Crippen LogP contribution in [-0.4, -0.2) is 29.8 Å². The molecule has 23 heavy (non-hydrogen) atoms. The van der Waals surface area contributed by atoms with Crippen LogP contribution < -0.4 is 0 Å². The quantitative estimate of drug-likeness (QED) is 0.623. The second-order valence-corrected chi connectivity index (χ2v) is 3.62. The van der Waals surface area contributed by atoms with Crippen LogP contribution in [0.25, 0.3) is 0 Å². The first-order valence-electron chi connectivity index (χ1n) is 7.62. The summed E-state index contributed by atoms with van der Waals surface area (Å²) >= 11 is 0. The summed E-state index contributed by atoms with van der Waals surface area (Å²) in [5, 5.41) is 18.0. The lowest BCUT2D eigenvalue weighted by molar-refractivity contribution is 0.112. The Labute approximate surface area is 139 Å². The minimum Gasteiger partial charge on any atom is -0.507 e. The van der Waals surface area contributed by atoms with Crippen LogP contribution in [-0.2, 0) is 0 Å². The molecule has 0 unspecified atom stereocenters. The van der Waals surface area contributed by atoms with Crippen LogP contribution in [0.3, 0.4) is 0 Å². The molecular formula is C19H27NO3. The smallest absolute Gasteiger partial charge is 0.153 e. The van der Waals surface area contributed by atoms with Crippen molar-refractivity contribution in [2.45, 2.75) is 27.7 Å². The summed E-state index contributed by atoms with van der Waals surface area (Å²) in [7, 11) is 1.67. The molecule has 0 amide bonds. The van der Waals surface area contributed by atoms with Crippen molar-refractivity contribution in [2.75, 3.05) is 7.05 Å². The van der Waals surface area contributed by atoms with Crippen LogP contribution in [0, 0.1) is 0 Å². The van der Waals surface area contributed by atoms with E-state index in [1.54, 1.807) is 43.6 Å². The molecule has 0 aliphatic carbocycles. The first kappa shape index (κ1) is 22.7. The van der Waals surface area contributed by atoms with E-state index in [2.05, 4.69) is 4.99 Å². The van der Waals surface area contributed by atoms with Gasteiger partial charge in [-0.15, -0.1) is 0 Å². The number of phenols is 2. The van der Waals surface area contributed by atoms with Gasteiger partial charge < -0.3 is 10.2 Å². The molecule has 2 rings (SSSR count). The zero-order valence-electron chi connectivity index (χ0n) is 14.5. The van der Waals surface area contributed by atoms with E-state index in [0.717, 1.165) is 5.56 Å². The number of aromatic hydroxyl groups is 2. The van der Waals surface area contributed by atoms with Crippen molar-refractivity contribution in [3.8, 4) is 11.5 Å². The van der Waals surface area contributed by atoms with E-state index in [1.165, 1.54) is 6.07 Å². The molecule has 0 fully saturated rings. The fourth-order valence-electron chi connectivity index (χ4n) is 1.32. The van der Waals surface area contributed by atoms with Crippen LogP contribution in [0.4, 0.5) is 0 Å². The molecule has 0 atom stereocenters. The minimum absolute atomic E-state index is 0.0347. The molecule has 0 heterocycles. The van der Waals surface area contributed by atoms with Gasteiger partial charge in [-0.25, -0.2) is 0 Å². The Morgan fingerprint density at radius 3 is 1.48 bits per heavy atom. The summed E-state index contributed by atoms with van der Waals surface area (Å²) in [6, 6.07) is 13.5. The van der Waals surface area contributed by atoms with Crippen molar-refractivity contribution in [1.29, 1.82) is 0 Å². The maximum atomic E-state index is 10.1. The molecular weight excluding hydrogens is 290 g/mol. The van der Waals surface area contributed by atoms with E-state index in [-0.39, 0.29) is 11.5 Å². The Morgan fingerprint density at radius 2 is 1.17 bits per heavy atom. The van der Waals surface area contributed by atoms with E-state index in [1.807, 2.05) is 39.8 Å². The molecule has 0 aliphatic rings. The number of aliphatic imine (C=N–C) groups is 1. The number of carbonyl (C=O) groups is 1. The average molecular weight is 317 g/mol. The second-order valence-electron chi connectivity index (χ2n) is 3.62. The van der Waals surface area contributed by atoms with Gasteiger partial charge in [0.2, 0.25) is 0 Å². The summed E-state index contributed by atoms with van der Waals surface area (Å²) in [6.45, 7) is 8.00. The molecule has 0 spiro atoms. The second kappa shape index (κ2) is 15.8.